The van der Waals surface area contributed by atoms with Crippen molar-refractivity contribution in [3.63, 3.8) is 0 Å². The number of fused-ring (bicyclic) bond motifs is 1. The Morgan fingerprint density at radius 1 is 1.25 bits per heavy atom. The van der Waals surface area contributed by atoms with E-state index >= 15 is 0 Å². The molecule has 0 aliphatic heterocycles. The van der Waals surface area contributed by atoms with Gasteiger partial charge in [-0.1, -0.05) is 38.5 Å². The maximum Gasteiger partial charge on any atom is 0.341 e. The molecule has 1 heterocycles. The number of methoxy groups -OCH3 is 1. The summed E-state index contributed by atoms with van der Waals surface area (Å²) in [5, 5.41) is 3.52. The molecule has 1 N–H and O–H groups in total. The molecule has 0 fully saturated rings. The van der Waals surface area contributed by atoms with Gasteiger partial charge in [-0.05, 0) is 49.3 Å². The van der Waals surface area contributed by atoms with Crippen molar-refractivity contribution >= 4 is 28.2 Å². The molecule has 1 aromatic heterocycles. The third-order valence-electron chi connectivity index (χ3n) is 5.26. The molecule has 5 nitrogen and oxygen atoms in total. The van der Waals surface area contributed by atoms with Crippen LogP contribution in [0.15, 0.2) is 30.3 Å². The first-order valence-electron chi connectivity index (χ1n) is 9.82. The summed E-state index contributed by atoms with van der Waals surface area (Å²) in [4.78, 5) is 26.5. The molecule has 1 amide bonds. The number of rotatable bonds is 7. The Kier molecular flexibility index (Phi) is 6.73. The Bertz CT molecular complexity index is 831. The fourth-order valence-electron chi connectivity index (χ4n) is 3.59. The van der Waals surface area contributed by atoms with Crippen LogP contribution in [0.2, 0.25) is 0 Å². The molecule has 1 aromatic carbocycles. The summed E-state index contributed by atoms with van der Waals surface area (Å²) in [6, 6.07) is 9.28. The topological polar surface area (TPSA) is 64.6 Å². The summed E-state index contributed by atoms with van der Waals surface area (Å²) >= 11 is 1.50. The molecule has 28 heavy (non-hydrogen) atoms. The zero-order chi connectivity index (χ0) is 20.1. The SMILES string of the molecule is CC[C@H]1CCc2c(sc(NC(=O)[C@@H](CC)Oc3ccccc3)c2C(=O)OC)C1. The Morgan fingerprint density at radius 2 is 2.00 bits per heavy atom. The summed E-state index contributed by atoms with van der Waals surface area (Å²) in [6.45, 7) is 4.10. The van der Waals surface area contributed by atoms with Gasteiger partial charge in [0.1, 0.15) is 10.8 Å². The summed E-state index contributed by atoms with van der Waals surface area (Å²) in [7, 11) is 1.38. The van der Waals surface area contributed by atoms with Gasteiger partial charge in [-0.2, -0.15) is 0 Å². The first-order chi connectivity index (χ1) is 13.6. The van der Waals surface area contributed by atoms with Gasteiger partial charge in [0.25, 0.3) is 5.91 Å². The van der Waals surface area contributed by atoms with Crippen molar-refractivity contribution in [2.24, 2.45) is 5.92 Å². The molecular weight excluding hydrogens is 374 g/mol. The Morgan fingerprint density at radius 3 is 2.64 bits per heavy atom. The lowest BCUT2D eigenvalue weighted by atomic mass is 9.85. The van der Waals surface area contributed by atoms with Crippen molar-refractivity contribution in [1.29, 1.82) is 0 Å². The van der Waals surface area contributed by atoms with Crippen LogP contribution < -0.4 is 10.1 Å². The van der Waals surface area contributed by atoms with Gasteiger partial charge in [-0.3, -0.25) is 4.79 Å². The fraction of sp³-hybridized carbons (Fsp3) is 0.455. The van der Waals surface area contributed by atoms with Crippen molar-refractivity contribution in [2.75, 3.05) is 12.4 Å². The summed E-state index contributed by atoms with van der Waals surface area (Å²) in [6.07, 6.45) is 3.88. The fourth-order valence-corrected chi connectivity index (χ4v) is 4.94. The van der Waals surface area contributed by atoms with E-state index < -0.39 is 6.10 Å². The van der Waals surface area contributed by atoms with Crippen LogP contribution in [-0.2, 0) is 22.4 Å². The van der Waals surface area contributed by atoms with E-state index in [0.717, 1.165) is 31.2 Å². The predicted octanol–water partition coefficient (Wildman–Crippen LogP) is 4.85. The van der Waals surface area contributed by atoms with Crippen molar-refractivity contribution in [2.45, 2.75) is 52.1 Å². The predicted molar refractivity (Wildman–Crippen MR) is 111 cm³/mol. The minimum Gasteiger partial charge on any atom is -0.481 e. The maximum absolute atomic E-state index is 12.9. The van der Waals surface area contributed by atoms with Gasteiger partial charge in [-0.15, -0.1) is 11.3 Å². The Labute approximate surface area is 170 Å². The van der Waals surface area contributed by atoms with Gasteiger partial charge in [0.2, 0.25) is 0 Å². The number of carbonyl (C=O) groups is 2. The highest BCUT2D eigenvalue weighted by Gasteiger charge is 2.30. The maximum atomic E-state index is 12.9. The smallest absolute Gasteiger partial charge is 0.341 e. The molecule has 2 atom stereocenters. The van der Waals surface area contributed by atoms with E-state index in [2.05, 4.69) is 12.2 Å². The zero-order valence-corrected chi connectivity index (χ0v) is 17.4. The molecule has 0 unspecified atom stereocenters. The Hall–Kier alpha value is -2.34. The number of hydrogen-bond donors (Lipinski definition) is 1. The standard InChI is InChI=1S/C22H27NO4S/c1-4-14-11-12-16-18(13-14)28-21(19(16)22(25)26-3)23-20(24)17(5-2)27-15-9-7-6-8-10-15/h6-10,14,17H,4-5,11-13H2,1-3H3,(H,23,24)/t14-,17+/m0/s1. The second kappa shape index (κ2) is 9.24. The van der Waals surface area contributed by atoms with E-state index in [9.17, 15) is 9.59 Å². The first-order valence-corrected chi connectivity index (χ1v) is 10.6. The van der Waals surface area contributed by atoms with Gasteiger partial charge in [0.05, 0.1) is 12.7 Å². The molecular formula is C22H27NO4S. The van der Waals surface area contributed by atoms with E-state index in [4.69, 9.17) is 9.47 Å². The molecule has 0 saturated heterocycles. The molecule has 1 aliphatic rings. The number of amides is 1. The van der Waals surface area contributed by atoms with Crippen LogP contribution in [0.25, 0.3) is 0 Å². The van der Waals surface area contributed by atoms with Crippen LogP contribution >= 0.6 is 11.3 Å². The number of para-hydroxylation sites is 1. The van der Waals surface area contributed by atoms with Gasteiger partial charge in [0.15, 0.2) is 6.10 Å². The second-order valence-corrected chi connectivity index (χ2v) is 8.14. The number of carbonyl (C=O) groups excluding carboxylic acids is 2. The van der Waals surface area contributed by atoms with E-state index in [-0.39, 0.29) is 11.9 Å². The van der Waals surface area contributed by atoms with Gasteiger partial charge < -0.3 is 14.8 Å². The Balaban J connectivity index is 1.83. The van der Waals surface area contributed by atoms with Crippen LogP contribution in [0.3, 0.4) is 0 Å². The van der Waals surface area contributed by atoms with Crippen LogP contribution in [0.5, 0.6) is 5.75 Å². The lowest BCUT2D eigenvalue weighted by molar-refractivity contribution is -0.122. The molecule has 2 aromatic rings. The van der Waals surface area contributed by atoms with Crippen LogP contribution in [0, 0.1) is 5.92 Å². The molecule has 0 bridgehead atoms. The van der Waals surface area contributed by atoms with Crippen molar-refractivity contribution in [3.8, 4) is 5.75 Å². The number of benzene rings is 1. The number of thiophene rings is 1. The van der Waals surface area contributed by atoms with Crippen LogP contribution in [-0.4, -0.2) is 25.1 Å². The van der Waals surface area contributed by atoms with E-state index in [1.165, 1.54) is 23.3 Å². The molecule has 6 heteroatoms. The highest BCUT2D eigenvalue weighted by molar-refractivity contribution is 7.17. The molecule has 0 saturated carbocycles. The number of ether oxygens (including phenoxy) is 2. The average molecular weight is 402 g/mol. The summed E-state index contributed by atoms with van der Waals surface area (Å²) < 4.78 is 10.8. The highest BCUT2D eigenvalue weighted by Crippen LogP contribution is 2.40. The first kappa shape index (κ1) is 20.4. The minimum absolute atomic E-state index is 0.248. The van der Waals surface area contributed by atoms with Gasteiger partial charge in [-0.25, -0.2) is 4.79 Å². The van der Waals surface area contributed by atoms with Crippen LogP contribution in [0.4, 0.5) is 5.00 Å². The largest absolute Gasteiger partial charge is 0.481 e. The molecule has 150 valence electrons. The van der Waals surface area contributed by atoms with Crippen LogP contribution in [0.1, 0.15) is 53.9 Å². The molecule has 1 aliphatic carbocycles. The molecule has 0 radical (unpaired) electrons. The average Bonchev–Trinajstić information content (AvgIpc) is 3.08. The van der Waals surface area contributed by atoms with E-state index in [1.54, 1.807) is 0 Å². The minimum atomic E-state index is -0.629. The van der Waals surface area contributed by atoms with Crippen molar-refractivity contribution < 1.29 is 19.1 Å². The lowest BCUT2D eigenvalue weighted by Gasteiger charge is -2.20. The monoisotopic (exact) mass is 401 g/mol. The van der Waals surface area contributed by atoms with E-state index in [1.807, 2.05) is 37.3 Å². The summed E-state index contributed by atoms with van der Waals surface area (Å²) in [5.41, 5.74) is 1.55. The van der Waals surface area contributed by atoms with Crippen molar-refractivity contribution in [3.05, 3.63) is 46.3 Å². The van der Waals surface area contributed by atoms with E-state index in [0.29, 0.717) is 28.7 Å². The lowest BCUT2D eigenvalue weighted by Crippen LogP contribution is -2.32. The second-order valence-electron chi connectivity index (χ2n) is 7.03. The zero-order valence-electron chi connectivity index (χ0n) is 16.6. The molecule has 3 rings (SSSR count). The third kappa shape index (κ3) is 4.38. The summed E-state index contributed by atoms with van der Waals surface area (Å²) in [5.74, 6) is 0.640. The quantitative estimate of drug-likeness (QED) is 0.674. The normalized spacial score (nSPS) is 16.8. The van der Waals surface area contributed by atoms with Crippen molar-refractivity contribution in [1.82, 2.24) is 0 Å². The number of esters is 1. The molecule has 0 spiro atoms. The highest BCUT2D eigenvalue weighted by atomic mass is 32.1. The number of hydrogen-bond acceptors (Lipinski definition) is 5. The van der Waals surface area contributed by atoms with Gasteiger partial charge in [0, 0.05) is 4.88 Å². The number of anilines is 1. The van der Waals surface area contributed by atoms with Gasteiger partial charge >= 0.3 is 5.97 Å². The third-order valence-corrected chi connectivity index (χ3v) is 6.43. The number of nitrogens with one attached hydrogen (secondary N) is 1.